The van der Waals surface area contributed by atoms with E-state index in [9.17, 15) is 19.2 Å². The second-order valence-electron chi connectivity index (χ2n) is 24.2. The van der Waals surface area contributed by atoms with Crippen LogP contribution in [0.4, 0.5) is 11.6 Å². The number of nitrogens with zero attached hydrogens (tertiary/aromatic N) is 7. The fourth-order valence-corrected chi connectivity index (χ4v) is 11.0. The van der Waals surface area contributed by atoms with Gasteiger partial charge in [-0.15, -0.1) is 0 Å². The first-order valence-corrected chi connectivity index (χ1v) is 34.0. The molecule has 4 aromatic carbocycles. The third-order valence-corrected chi connectivity index (χ3v) is 16.1. The van der Waals surface area contributed by atoms with Crippen LogP contribution in [-0.2, 0) is 92.2 Å². The molecule has 0 aliphatic heterocycles. The van der Waals surface area contributed by atoms with E-state index in [4.69, 9.17) is 44.6 Å². The smallest absolute Gasteiger partial charge is 0.248 e. The summed E-state index contributed by atoms with van der Waals surface area (Å²) in [6.45, 7) is 9.99. The quantitative estimate of drug-likeness (QED) is 0.0303. The lowest BCUT2D eigenvalue weighted by atomic mass is 10.0. The van der Waals surface area contributed by atoms with Crippen molar-refractivity contribution in [2.24, 2.45) is 5.73 Å². The van der Waals surface area contributed by atoms with Crippen LogP contribution in [0, 0.1) is 0 Å². The zero-order valence-electron chi connectivity index (χ0n) is 56.1. The summed E-state index contributed by atoms with van der Waals surface area (Å²) in [5, 5.41) is 6.03. The molecule has 0 atom stereocenters. The second-order valence-corrected chi connectivity index (χ2v) is 24.2. The zero-order chi connectivity index (χ0) is 67.2. The molecule has 3 amide bonds. The fourth-order valence-electron chi connectivity index (χ4n) is 11.0. The highest BCUT2D eigenvalue weighted by molar-refractivity contribution is 5.90. The van der Waals surface area contributed by atoms with E-state index in [1.165, 1.54) is 0 Å². The summed E-state index contributed by atoms with van der Waals surface area (Å²) in [4.78, 5) is 78.1. The minimum Gasteiger partial charge on any atom is -0.494 e. The molecule has 0 spiro atoms. The van der Waals surface area contributed by atoms with Gasteiger partial charge in [-0.2, -0.15) is 0 Å². The minimum absolute atomic E-state index is 0.0256. The van der Waals surface area contributed by atoms with Crippen LogP contribution in [0.15, 0.2) is 182 Å². The number of unbranched alkanes of at least 4 members (excludes halogenated alkanes) is 5. The van der Waals surface area contributed by atoms with Crippen LogP contribution in [0.25, 0.3) is 11.1 Å². The number of carbonyl (C=O) groups excluding carboxylic acids is 4. The monoisotopic (exact) mass is 1300 g/mol. The first kappa shape index (κ1) is 72.9. The highest BCUT2D eigenvalue weighted by Crippen LogP contribution is 2.26. The normalized spacial score (nSPS) is 11.3. The molecule has 18 nitrogen and oxygen atoms in total. The Kier molecular flexibility index (Phi) is 31.8. The number of aryl methyl sites for hydroxylation is 1. The van der Waals surface area contributed by atoms with Crippen LogP contribution in [0.2, 0.25) is 0 Å². The van der Waals surface area contributed by atoms with Crippen molar-refractivity contribution in [3.05, 3.63) is 233 Å². The topological polar surface area (TPSA) is 217 Å². The number of amides is 3. The van der Waals surface area contributed by atoms with E-state index in [1.807, 2.05) is 120 Å². The number of nitrogens with one attached hydrogen (secondary N) is 2. The molecule has 0 unspecified atom stereocenters. The van der Waals surface area contributed by atoms with E-state index in [1.54, 1.807) is 12.4 Å². The number of aromatic nitrogens is 4. The summed E-state index contributed by atoms with van der Waals surface area (Å²) in [7, 11) is 0. The van der Waals surface area contributed by atoms with Crippen molar-refractivity contribution in [3.63, 3.8) is 0 Å². The maximum absolute atomic E-state index is 14.1. The third kappa shape index (κ3) is 27.5. The van der Waals surface area contributed by atoms with Crippen LogP contribution in [0.5, 0.6) is 5.75 Å². The van der Waals surface area contributed by atoms with E-state index in [2.05, 4.69) is 88.9 Å². The third-order valence-electron chi connectivity index (χ3n) is 16.1. The van der Waals surface area contributed by atoms with Gasteiger partial charge in [0, 0.05) is 90.6 Å². The SMILES string of the molecule is CCCCCC(=O)Nc1cccc(CN(Cc2cc(CN(Cc3ccccn3)Cc3cccc(NC(=O)CCCCC)n3)cc(OCCCCN(Cc3ccc(-c4ccccc4)cc3)C(=O)COCCOCCOCC(=O)CCc3ccc(CN)cc3)c2)Cc2ccccn2)n1. The molecule has 4 heterocycles. The van der Waals surface area contributed by atoms with E-state index >= 15 is 0 Å². The predicted molar refractivity (Wildman–Crippen MR) is 377 cm³/mol. The highest BCUT2D eigenvalue weighted by atomic mass is 16.5. The maximum Gasteiger partial charge on any atom is 0.248 e. The molecule has 0 aliphatic rings. The molecule has 0 saturated heterocycles. The minimum atomic E-state index is -0.133. The van der Waals surface area contributed by atoms with Crippen LogP contribution in [0.3, 0.4) is 0 Å². The summed E-state index contributed by atoms with van der Waals surface area (Å²) >= 11 is 0. The van der Waals surface area contributed by atoms with E-state index in [0.717, 1.165) is 100 Å². The molecule has 506 valence electrons. The Bertz CT molecular complexity index is 3430. The number of anilines is 2. The Morgan fingerprint density at radius 2 is 0.948 bits per heavy atom. The largest absolute Gasteiger partial charge is 0.494 e. The second kappa shape index (κ2) is 41.8. The Morgan fingerprint density at radius 3 is 1.50 bits per heavy atom. The first-order chi connectivity index (χ1) is 47.1. The number of pyridine rings is 4. The lowest BCUT2D eigenvalue weighted by molar-refractivity contribution is -0.137. The highest BCUT2D eigenvalue weighted by Gasteiger charge is 2.19. The molecule has 0 saturated carbocycles. The number of ketones is 1. The number of benzene rings is 4. The number of nitrogens with two attached hydrogens (primary N) is 1. The van der Waals surface area contributed by atoms with Crippen LogP contribution >= 0.6 is 0 Å². The molecular weight excluding hydrogens is 1200 g/mol. The van der Waals surface area contributed by atoms with Gasteiger partial charge in [-0.25, -0.2) is 9.97 Å². The molecule has 18 heteroatoms. The molecular formula is C78H96N10O8. The van der Waals surface area contributed by atoms with Crippen molar-refractivity contribution in [3.8, 4) is 16.9 Å². The Hall–Kier alpha value is -8.88. The van der Waals surface area contributed by atoms with Gasteiger partial charge < -0.3 is 40.2 Å². The van der Waals surface area contributed by atoms with Crippen molar-refractivity contribution in [2.75, 3.05) is 63.4 Å². The Balaban J connectivity index is 0.948. The van der Waals surface area contributed by atoms with Crippen molar-refractivity contribution in [1.29, 1.82) is 0 Å². The molecule has 96 heavy (non-hydrogen) atoms. The van der Waals surface area contributed by atoms with Gasteiger partial charge in [-0.05, 0) is 132 Å². The van der Waals surface area contributed by atoms with Gasteiger partial charge in [0.1, 0.15) is 30.6 Å². The molecule has 0 aliphatic carbocycles. The van der Waals surface area contributed by atoms with Gasteiger partial charge in [-0.1, -0.05) is 149 Å². The van der Waals surface area contributed by atoms with Gasteiger partial charge in [0.2, 0.25) is 17.7 Å². The molecule has 8 aromatic rings. The average molecular weight is 1300 g/mol. The maximum atomic E-state index is 14.1. The van der Waals surface area contributed by atoms with Crippen LogP contribution in [-0.4, -0.2) is 111 Å². The molecule has 0 fully saturated rings. The van der Waals surface area contributed by atoms with E-state index in [0.29, 0.717) is 128 Å². The lowest BCUT2D eigenvalue weighted by Crippen LogP contribution is -2.35. The molecule has 4 N–H and O–H groups in total. The van der Waals surface area contributed by atoms with Gasteiger partial charge in [-0.3, -0.25) is 38.9 Å². The van der Waals surface area contributed by atoms with Crippen molar-refractivity contribution in [1.82, 2.24) is 34.6 Å². The Labute approximate surface area is 567 Å². The summed E-state index contributed by atoms with van der Waals surface area (Å²) in [6.07, 6.45) is 12.6. The van der Waals surface area contributed by atoms with Crippen molar-refractivity contribution < 1.29 is 38.1 Å². The number of hydrogen-bond donors (Lipinski definition) is 3. The number of ether oxygens (including phenoxy) is 4. The summed E-state index contributed by atoms with van der Waals surface area (Å²) in [5.41, 5.74) is 16.5. The molecule has 8 rings (SSSR count). The summed E-state index contributed by atoms with van der Waals surface area (Å²) < 4.78 is 24.0. The molecule has 4 aromatic heterocycles. The van der Waals surface area contributed by atoms with Crippen LogP contribution < -0.4 is 21.1 Å². The van der Waals surface area contributed by atoms with Crippen LogP contribution in [0.1, 0.15) is 135 Å². The molecule has 0 radical (unpaired) electrons. The van der Waals surface area contributed by atoms with Gasteiger partial charge in [0.25, 0.3) is 0 Å². The fraction of sp³-hybridized carbons (Fsp3) is 0.385. The van der Waals surface area contributed by atoms with Crippen molar-refractivity contribution >= 4 is 35.1 Å². The van der Waals surface area contributed by atoms with E-state index in [-0.39, 0.29) is 56.5 Å². The van der Waals surface area contributed by atoms with Gasteiger partial charge in [0.15, 0.2) is 5.78 Å². The lowest BCUT2D eigenvalue weighted by Gasteiger charge is -2.25. The van der Waals surface area contributed by atoms with Gasteiger partial charge in [0.05, 0.1) is 55.8 Å². The van der Waals surface area contributed by atoms with Gasteiger partial charge >= 0.3 is 0 Å². The summed E-state index contributed by atoms with van der Waals surface area (Å²) in [6, 6.07) is 56.3. The zero-order valence-corrected chi connectivity index (χ0v) is 56.1. The average Bonchev–Trinajstić information content (AvgIpc) is 0.976. The van der Waals surface area contributed by atoms with Crippen molar-refractivity contribution in [2.45, 2.75) is 143 Å². The number of hydrogen-bond acceptors (Lipinski definition) is 15. The first-order valence-electron chi connectivity index (χ1n) is 34.0. The van der Waals surface area contributed by atoms with E-state index < -0.39 is 0 Å². The summed E-state index contributed by atoms with van der Waals surface area (Å²) in [5.74, 6) is 1.56. The number of carbonyl (C=O) groups is 4. The molecule has 0 bridgehead atoms. The standard InChI is InChI=1S/C78H96N10O8/c1-3-5-8-28-76(90)84-74-26-18-24-70(82-74)57-86(55-68-22-12-14-40-80-68)52-64-48-65(53-87(56-69-23-13-15-41-81-69)58-71-25-19-27-75(83-71)85-77(91)29-9-6-4-2)50-73(49-64)96-43-17-16-42-88(54-63-34-37-67(38-35-63)66-20-10-7-11-21-66)78(92)60-95-47-45-93-44-46-94-59-72(89)39-36-61-30-32-62(51-79)33-31-61/h7,10-15,18-27,30-35,37-38,40-41,48-50H,3-6,8-9,16-17,28-29,36,39,42-47,51-60,79H2,1-2H3,(H,82,84,90)(H,83,85,91). The Morgan fingerprint density at radius 1 is 0.438 bits per heavy atom. The number of rotatable bonds is 45. The predicted octanol–water partition coefficient (Wildman–Crippen LogP) is 13.3. The number of Topliss-reactive ketones (excluding diaryl/α,β-unsaturated/α-hetero) is 1.